The van der Waals surface area contributed by atoms with Crippen LogP contribution in [0.4, 0.5) is 17.1 Å². The summed E-state index contributed by atoms with van der Waals surface area (Å²) in [6, 6.07) is 3.32. The number of nitrogens with zero attached hydrogens (tertiary/aromatic N) is 3. The van der Waals surface area contributed by atoms with E-state index >= 15 is 0 Å². The summed E-state index contributed by atoms with van der Waals surface area (Å²) >= 11 is 0. The zero-order valence-corrected chi connectivity index (χ0v) is 11.1. The molecule has 0 bridgehead atoms. The van der Waals surface area contributed by atoms with Crippen molar-refractivity contribution in [3.05, 3.63) is 50.6 Å². The molecule has 0 aliphatic rings. The highest BCUT2D eigenvalue weighted by atomic mass is 16.6. The van der Waals surface area contributed by atoms with Gasteiger partial charge in [0, 0.05) is 6.07 Å². The van der Waals surface area contributed by atoms with Gasteiger partial charge in [-0.05, 0) is 25.0 Å². The van der Waals surface area contributed by atoms with Gasteiger partial charge in [-0.25, -0.2) is 0 Å². The smallest absolute Gasteiger partial charge is 0.271 e. The molecular weight excluding hydrogens is 264 g/mol. The van der Waals surface area contributed by atoms with Crippen LogP contribution in [0.5, 0.6) is 0 Å². The zero-order valence-electron chi connectivity index (χ0n) is 11.1. The van der Waals surface area contributed by atoms with Gasteiger partial charge in [-0.2, -0.15) is 5.10 Å². The largest absolute Gasteiger partial charge is 0.301 e. The van der Waals surface area contributed by atoms with Crippen molar-refractivity contribution in [3.8, 4) is 0 Å². The molecule has 0 aliphatic heterocycles. The molecule has 0 heterocycles. The Morgan fingerprint density at radius 2 is 2.00 bits per heavy atom. The van der Waals surface area contributed by atoms with Gasteiger partial charge in [0.2, 0.25) is 0 Å². The van der Waals surface area contributed by atoms with Gasteiger partial charge in [0.1, 0.15) is 5.69 Å². The van der Waals surface area contributed by atoms with Crippen LogP contribution in [0, 0.1) is 20.2 Å². The number of rotatable bonds is 6. The van der Waals surface area contributed by atoms with E-state index in [1.54, 1.807) is 6.92 Å². The topological polar surface area (TPSA) is 111 Å². The van der Waals surface area contributed by atoms with Crippen molar-refractivity contribution in [2.45, 2.75) is 20.3 Å². The van der Waals surface area contributed by atoms with Gasteiger partial charge < -0.3 is 0 Å². The maximum Gasteiger partial charge on any atom is 0.301 e. The third kappa shape index (κ3) is 3.61. The number of benzene rings is 1. The molecule has 20 heavy (non-hydrogen) atoms. The van der Waals surface area contributed by atoms with Crippen LogP contribution in [0.3, 0.4) is 0 Å². The van der Waals surface area contributed by atoms with Gasteiger partial charge in [0.25, 0.3) is 5.69 Å². The molecule has 106 valence electrons. The molecule has 0 aromatic heterocycles. The lowest BCUT2D eigenvalue weighted by atomic mass is 10.1. The number of nitro groups is 2. The first-order valence-corrected chi connectivity index (χ1v) is 5.78. The summed E-state index contributed by atoms with van der Waals surface area (Å²) in [4.78, 5) is 20.1. The average molecular weight is 278 g/mol. The van der Waals surface area contributed by atoms with Gasteiger partial charge in [-0.15, -0.1) is 0 Å². The first-order valence-electron chi connectivity index (χ1n) is 5.78. The van der Waals surface area contributed by atoms with Gasteiger partial charge >= 0.3 is 5.69 Å². The number of hydrogen-bond acceptors (Lipinski definition) is 6. The number of anilines is 1. The monoisotopic (exact) mass is 278 g/mol. The fourth-order valence-electron chi connectivity index (χ4n) is 1.36. The fourth-order valence-corrected chi connectivity index (χ4v) is 1.36. The van der Waals surface area contributed by atoms with Crippen LogP contribution in [-0.4, -0.2) is 15.6 Å². The third-order valence-corrected chi connectivity index (χ3v) is 2.67. The van der Waals surface area contributed by atoms with Crippen LogP contribution in [0.2, 0.25) is 0 Å². The Labute approximate surface area is 115 Å². The Morgan fingerprint density at radius 3 is 2.50 bits per heavy atom. The summed E-state index contributed by atoms with van der Waals surface area (Å²) in [5.74, 6) is 0. The minimum atomic E-state index is -0.700. The summed E-state index contributed by atoms with van der Waals surface area (Å²) in [5.41, 5.74) is 3.28. The highest BCUT2D eigenvalue weighted by Gasteiger charge is 2.19. The molecular formula is C12H14N4O4. The fraction of sp³-hybridized carbons (Fsp3) is 0.250. The molecule has 0 atom stereocenters. The van der Waals surface area contributed by atoms with Crippen LogP contribution in [-0.2, 0) is 0 Å². The van der Waals surface area contributed by atoms with E-state index in [2.05, 4.69) is 17.1 Å². The Morgan fingerprint density at radius 1 is 1.35 bits per heavy atom. The molecule has 0 saturated carbocycles. The highest BCUT2D eigenvalue weighted by Crippen LogP contribution is 2.28. The van der Waals surface area contributed by atoms with Gasteiger partial charge in [0.05, 0.1) is 21.6 Å². The first kappa shape index (κ1) is 15.3. The Balaban J connectivity index is 3.10. The SMILES string of the molecule is C=C(CC)C(C)=NNc1ccc([N+](=O)[O-])cc1[N+](=O)[O-]. The second-order valence-electron chi connectivity index (χ2n) is 3.98. The Hall–Kier alpha value is -2.77. The summed E-state index contributed by atoms with van der Waals surface area (Å²) in [6.45, 7) is 7.42. The van der Waals surface area contributed by atoms with E-state index in [0.29, 0.717) is 12.1 Å². The quantitative estimate of drug-likeness (QED) is 0.487. The molecule has 0 spiro atoms. The summed E-state index contributed by atoms with van der Waals surface area (Å²) < 4.78 is 0. The minimum Gasteiger partial charge on any atom is -0.271 e. The van der Waals surface area contributed by atoms with Crippen molar-refractivity contribution in [1.29, 1.82) is 0 Å². The normalized spacial score (nSPS) is 11.0. The number of allylic oxidation sites excluding steroid dienone is 1. The average Bonchev–Trinajstić information content (AvgIpc) is 2.43. The van der Waals surface area contributed by atoms with E-state index < -0.39 is 15.5 Å². The first-order chi connectivity index (χ1) is 9.36. The summed E-state index contributed by atoms with van der Waals surface area (Å²) in [5, 5.41) is 25.5. The highest BCUT2D eigenvalue weighted by molar-refractivity contribution is 5.98. The van der Waals surface area contributed by atoms with Crippen molar-refractivity contribution < 1.29 is 9.85 Å². The zero-order chi connectivity index (χ0) is 15.3. The number of hydrogen-bond donors (Lipinski definition) is 1. The van der Waals surface area contributed by atoms with E-state index in [0.717, 1.165) is 11.6 Å². The van der Waals surface area contributed by atoms with E-state index in [9.17, 15) is 20.2 Å². The third-order valence-electron chi connectivity index (χ3n) is 2.67. The molecule has 8 nitrogen and oxygen atoms in total. The van der Waals surface area contributed by atoms with Crippen molar-refractivity contribution in [2.24, 2.45) is 5.10 Å². The summed E-state index contributed by atoms with van der Waals surface area (Å²) in [7, 11) is 0. The lowest BCUT2D eigenvalue weighted by Crippen LogP contribution is -2.02. The van der Waals surface area contributed by atoms with E-state index in [1.807, 2.05) is 6.92 Å². The van der Waals surface area contributed by atoms with E-state index in [-0.39, 0.29) is 11.4 Å². The Bertz CT molecular complexity index is 595. The number of nitrogens with one attached hydrogen (secondary N) is 1. The maximum absolute atomic E-state index is 10.9. The van der Waals surface area contributed by atoms with Crippen LogP contribution >= 0.6 is 0 Å². The van der Waals surface area contributed by atoms with Gasteiger partial charge in [0.15, 0.2) is 0 Å². The molecule has 0 unspecified atom stereocenters. The van der Waals surface area contributed by atoms with Crippen molar-refractivity contribution >= 4 is 22.8 Å². The predicted octanol–water partition coefficient (Wildman–Crippen LogP) is 3.26. The van der Waals surface area contributed by atoms with Gasteiger partial charge in [-0.1, -0.05) is 13.5 Å². The van der Waals surface area contributed by atoms with E-state index in [4.69, 9.17) is 0 Å². The molecule has 0 amide bonds. The predicted molar refractivity (Wildman–Crippen MR) is 75.9 cm³/mol. The molecule has 0 aliphatic carbocycles. The number of nitro benzene ring substituents is 2. The van der Waals surface area contributed by atoms with Gasteiger partial charge in [-0.3, -0.25) is 25.7 Å². The lowest BCUT2D eigenvalue weighted by molar-refractivity contribution is -0.393. The van der Waals surface area contributed by atoms with Crippen LogP contribution in [0.25, 0.3) is 0 Å². The molecule has 8 heteroatoms. The Kier molecular flexibility index (Phi) is 4.90. The standard InChI is InChI=1S/C12H14N4O4/c1-4-8(2)9(3)13-14-11-6-5-10(15(17)18)7-12(11)16(19)20/h5-7,14H,2,4H2,1,3H3. The number of hydrazone groups is 1. The molecule has 0 fully saturated rings. The van der Waals surface area contributed by atoms with Crippen molar-refractivity contribution in [1.82, 2.24) is 0 Å². The van der Waals surface area contributed by atoms with Crippen molar-refractivity contribution in [3.63, 3.8) is 0 Å². The van der Waals surface area contributed by atoms with Crippen LogP contribution in [0.1, 0.15) is 20.3 Å². The van der Waals surface area contributed by atoms with Crippen LogP contribution < -0.4 is 5.43 Å². The second kappa shape index (κ2) is 6.41. The van der Waals surface area contributed by atoms with Crippen LogP contribution in [0.15, 0.2) is 35.5 Å². The molecule has 1 N–H and O–H groups in total. The molecule has 0 radical (unpaired) electrons. The van der Waals surface area contributed by atoms with Crippen molar-refractivity contribution in [2.75, 3.05) is 5.43 Å². The van der Waals surface area contributed by atoms with E-state index in [1.165, 1.54) is 12.1 Å². The number of non-ortho nitro benzene ring substituents is 1. The summed E-state index contributed by atoms with van der Waals surface area (Å²) in [6.07, 6.45) is 0.708. The molecule has 1 rings (SSSR count). The molecule has 1 aromatic rings. The maximum atomic E-state index is 10.9. The second-order valence-corrected chi connectivity index (χ2v) is 3.98. The molecule has 1 aromatic carbocycles. The minimum absolute atomic E-state index is 0.0869. The lowest BCUT2D eigenvalue weighted by Gasteiger charge is -2.05. The molecule has 0 saturated heterocycles.